The predicted molar refractivity (Wildman–Crippen MR) is 32.4 cm³/mol. The first kappa shape index (κ1) is 11.7. The summed E-state index contributed by atoms with van der Waals surface area (Å²) in [6.07, 6.45) is 0. The molecule has 7 nitrogen and oxygen atoms in total. The third kappa shape index (κ3) is 2.99. The van der Waals surface area contributed by atoms with Crippen molar-refractivity contribution in [2.45, 2.75) is 0 Å². The molecule has 0 aliphatic carbocycles. The van der Waals surface area contributed by atoms with E-state index in [1.807, 2.05) is 4.98 Å². The van der Waals surface area contributed by atoms with E-state index in [0.29, 0.717) is 0 Å². The third-order valence-electron chi connectivity index (χ3n) is 0.868. The number of carbonyl (C=O) groups is 1. The molecule has 0 bridgehead atoms. The van der Waals surface area contributed by atoms with Crippen LogP contribution in [0.4, 0.5) is 0 Å². The zero-order chi connectivity index (χ0) is 8.43. The number of nitrogens with one attached hydrogen (secondary N) is 2. The molecule has 1 aromatic rings. The van der Waals surface area contributed by atoms with E-state index < -0.39 is 23.2 Å². The fourth-order valence-corrected chi connectivity index (χ4v) is 0.495. The van der Waals surface area contributed by atoms with Crippen molar-refractivity contribution in [1.82, 2.24) is 15.0 Å². The van der Waals surface area contributed by atoms with Crippen LogP contribution in [0.2, 0.25) is 0 Å². The van der Waals surface area contributed by atoms with Gasteiger partial charge in [-0.25, -0.2) is 14.4 Å². The van der Waals surface area contributed by atoms with E-state index in [0.717, 1.165) is 0 Å². The maximum absolute atomic E-state index is 10.4. The molecule has 0 aromatic carbocycles. The van der Waals surface area contributed by atoms with Gasteiger partial charge in [-0.05, 0) is 0 Å². The molecule has 0 spiro atoms. The fraction of sp³-hybridized carbons (Fsp3) is 0. The van der Waals surface area contributed by atoms with E-state index in [1.165, 1.54) is 0 Å². The second-order valence-corrected chi connectivity index (χ2v) is 1.65. The molecule has 8 heteroatoms. The Hall–Kier alpha value is -0.284. The van der Waals surface area contributed by atoms with Gasteiger partial charge < -0.3 is 5.11 Å². The summed E-state index contributed by atoms with van der Waals surface area (Å²) >= 11 is 0. The Morgan fingerprint density at radius 1 is 1.33 bits per heavy atom. The van der Waals surface area contributed by atoms with Gasteiger partial charge in [-0.15, -0.1) is 0 Å². The van der Waals surface area contributed by atoms with Crippen molar-refractivity contribution in [1.29, 1.82) is 0 Å². The molecule has 0 aliphatic heterocycles. The molecule has 1 heterocycles. The first-order valence-corrected chi connectivity index (χ1v) is 2.53. The van der Waals surface area contributed by atoms with Crippen LogP contribution in [-0.4, -0.2) is 26.0 Å². The third-order valence-corrected chi connectivity index (χ3v) is 0.868. The maximum atomic E-state index is 10.4. The monoisotopic (exact) mass is 196 g/mol. The average molecular weight is 196 g/mol. The minimum atomic E-state index is -1.45. The molecule has 58 valence electrons. The summed E-state index contributed by atoms with van der Waals surface area (Å²) in [5.41, 5.74) is -1.87. The number of H-pyrrole nitrogens is 2. The average Bonchev–Trinajstić information content (AvgIpc) is 1.85. The van der Waals surface area contributed by atoms with Gasteiger partial charge in [0.15, 0.2) is 0 Å². The summed E-state index contributed by atoms with van der Waals surface area (Å²) in [4.78, 5) is 37.4. The summed E-state index contributed by atoms with van der Waals surface area (Å²) in [5, 5.41) is 8.25. The van der Waals surface area contributed by atoms with Crippen LogP contribution in [0, 0.1) is 0 Å². The van der Waals surface area contributed by atoms with Gasteiger partial charge >= 0.3 is 68.7 Å². The van der Waals surface area contributed by atoms with Crippen molar-refractivity contribution < 1.29 is 61.3 Å². The number of carboxylic acid groups (broad SMARTS) is 1. The van der Waals surface area contributed by atoms with Gasteiger partial charge in [0.25, 0.3) is 0 Å². The molecule has 1 aromatic heterocycles. The smallest absolute Gasteiger partial charge is 0.475 e. The number of carboxylic acids is 1. The van der Waals surface area contributed by atoms with E-state index in [9.17, 15) is 14.4 Å². The van der Waals surface area contributed by atoms with E-state index in [4.69, 9.17) is 5.11 Å². The minimum Gasteiger partial charge on any atom is -0.475 e. The normalized spacial score (nSPS) is 8.67. The van der Waals surface area contributed by atoms with E-state index in [1.54, 1.807) is 4.98 Å². The van der Waals surface area contributed by atoms with Crippen LogP contribution in [-0.2, 0) is 0 Å². The van der Waals surface area contributed by atoms with Gasteiger partial charge in [0.1, 0.15) is 0 Å². The number of rotatable bonds is 1. The molecule has 0 atom stereocenters. The molecule has 0 unspecified atom stereocenters. The van der Waals surface area contributed by atoms with Gasteiger partial charge in [-0.2, -0.15) is 4.98 Å². The molecular weight excluding hydrogens is 193 g/mol. The Kier molecular flexibility index (Phi) is 4.56. The molecular formula is C4H3KN3O4+. The van der Waals surface area contributed by atoms with Gasteiger partial charge in [0.05, 0.1) is 0 Å². The summed E-state index contributed by atoms with van der Waals surface area (Å²) in [6, 6.07) is 0. The number of aromatic nitrogens is 3. The van der Waals surface area contributed by atoms with Crippen molar-refractivity contribution >= 4 is 5.97 Å². The summed E-state index contributed by atoms with van der Waals surface area (Å²) in [7, 11) is 0. The summed E-state index contributed by atoms with van der Waals surface area (Å²) < 4.78 is 0. The number of aromatic carboxylic acids is 1. The number of aromatic amines is 2. The number of hydrogen-bond acceptors (Lipinski definition) is 4. The van der Waals surface area contributed by atoms with E-state index in [2.05, 4.69) is 4.98 Å². The van der Waals surface area contributed by atoms with Crippen molar-refractivity contribution in [3.05, 3.63) is 26.8 Å². The SMILES string of the molecule is O=C(O)c1nc(=O)[nH]c(=O)[nH]1.[K+]. The van der Waals surface area contributed by atoms with Crippen LogP contribution in [0.1, 0.15) is 10.6 Å². The van der Waals surface area contributed by atoms with Crippen LogP contribution < -0.4 is 62.8 Å². The van der Waals surface area contributed by atoms with Crippen molar-refractivity contribution in [3.8, 4) is 0 Å². The second-order valence-electron chi connectivity index (χ2n) is 1.65. The zero-order valence-corrected chi connectivity index (χ0v) is 9.24. The van der Waals surface area contributed by atoms with E-state index >= 15 is 0 Å². The van der Waals surface area contributed by atoms with Gasteiger partial charge in [0, 0.05) is 0 Å². The van der Waals surface area contributed by atoms with Crippen molar-refractivity contribution in [2.75, 3.05) is 0 Å². The van der Waals surface area contributed by atoms with Crippen LogP contribution in [0.5, 0.6) is 0 Å². The molecule has 12 heavy (non-hydrogen) atoms. The van der Waals surface area contributed by atoms with Gasteiger partial charge in [-0.1, -0.05) is 0 Å². The first-order chi connectivity index (χ1) is 5.09. The Bertz CT molecular complexity index is 366. The standard InChI is InChI=1S/C4H3N3O4.K/c8-2(9)1-5-3(10)7-4(11)6-1;/h(H,8,9)(H2,5,6,7,10,11);/q;+1. The van der Waals surface area contributed by atoms with Crippen LogP contribution in [0.3, 0.4) is 0 Å². The van der Waals surface area contributed by atoms with E-state index in [-0.39, 0.29) is 51.4 Å². The zero-order valence-electron chi connectivity index (χ0n) is 6.12. The Labute approximate surface area is 108 Å². The first-order valence-electron chi connectivity index (χ1n) is 2.53. The topological polar surface area (TPSA) is 116 Å². The van der Waals surface area contributed by atoms with Gasteiger partial charge in [0.2, 0.25) is 5.82 Å². The second kappa shape index (κ2) is 4.67. The number of hydrogen-bond donors (Lipinski definition) is 3. The predicted octanol–water partition coefficient (Wildman–Crippen LogP) is -4.84. The Morgan fingerprint density at radius 3 is 2.33 bits per heavy atom. The van der Waals surface area contributed by atoms with Crippen LogP contribution >= 0.6 is 0 Å². The summed E-state index contributed by atoms with van der Waals surface area (Å²) in [5.74, 6) is -2.12. The van der Waals surface area contributed by atoms with Crippen LogP contribution in [0.25, 0.3) is 0 Å². The summed E-state index contributed by atoms with van der Waals surface area (Å²) in [6.45, 7) is 0. The number of nitrogens with zero attached hydrogens (tertiary/aromatic N) is 1. The molecule has 0 aliphatic rings. The quantitative estimate of drug-likeness (QED) is 0.389. The molecule has 0 saturated heterocycles. The van der Waals surface area contributed by atoms with Gasteiger partial charge in [-0.3, -0.25) is 9.97 Å². The molecule has 0 fully saturated rings. The molecule has 3 N–H and O–H groups in total. The largest absolute Gasteiger partial charge is 1.00 e. The molecule has 1 rings (SSSR count). The van der Waals surface area contributed by atoms with Crippen molar-refractivity contribution in [2.24, 2.45) is 0 Å². The minimum absolute atomic E-state index is 0. The molecule has 0 radical (unpaired) electrons. The molecule has 0 amide bonds. The van der Waals surface area contributed by atoms with Crippen molar-refractivity contribution in [3.63, 3.8) is 0 Å². The Morgan fingerprint density at radius 2 is 1.92 bits per heavy atom. The Balaban J connectivity index is 0.00000121. The molecule has 0 saturated carbocycles. The van der Waals surface area contributed by atoms with Crippen LogP contribution in [0.15, 0.2) is 9.59 Å². The fourth-order valence-electron chi connectivity index (χ4n) is 0.495. The maximum Gasteiger partial charge on any atom is 1.00 e.